The van der Waals surface area contributed by atoms with E-state index in [4.69, 9.17) is 27.9 Å². The molecule has 0 saturated heterocycles. The zero-order chi connectivity index (χ0) is 18.2. The maximum atomic E-state index is 12.0. The minimum absolute atomic E-state index is 0.103. The number of hydrogen-bond donors (Lipinski definition) is 1. The van der Waals surface area contributed by atoms with Gasteiger partial charge in [0.25, 0.3) is 0 Å². The number of halogens is 2. The molecule has 0 unspecified atom stereocenters. The Balaban J connectivity index is 1.75. The number of esters is 1. The number of rotatable bonds is 8. The maximum Gasteiger partial charge on any atom is 0.311 e. The summed E-state index contributed by atoms with van der Waals surface area (Å²) >= 11 is 14.6. The lowest BCUT2D eigenvalue weighted by Crippen LogP contribution is -2.14. The van der Waals surface area contributed by atoms with Crippen molar-refractivity contribution < 1.29 is 14.3 Å². The highest BCUT2D eigenvalue weighted by Gasteiger charge is 2.10. The van der Waals surface area contributed by atoms with E-state index in [0.717, 1.165) is 5.56 Å². The molecule has 0 bridgehead atoms. The third kappa shape index (κ3) is 6.86. The number of ether oxygens (including phenoxy) is 1. The summed E-state index contributed by atoms with van der Waals surface area (Å²) in [5.74, 6) is 0.452. The molecule has 0 aliphatic carbocycles. The molecule has 1 aromatic heterocycles. The monoisotopic (exact) mass is 418 g/mol. The summed E-state index contributed by atoms with van der Waals surface area (Å²) in [6.07, 6.45) is 0.103. The van der Waals surface area contributed by atoms with Crippen LogP contribution in [0.3, 0.4) is 0 Å². The number of nitrogens with zero attached hydrogens (tertiary/aromatic N) is 1. The molecular formula is C16H16Cl2N2O3S2. The topological polar surface area (TPSA) is 68.3 Å². The van der Waals surface area contributed by atoms with Gasteiger partial charge in [0.2, 0.25) is 5.91 Å². The van der Waals surface area contributed by atoms with Gasteiger partial charge in [-0.25, -0.2) is 4.98 Å². The van der Waals surface area contributed by atoms with Gasteiger partial charge in [0.05, 0.1) is 34.5 Å². The Labute approximate surface area is 164 Å². The van der Waals surface area contributed by atoms with Gasteiger partial charge in [-0.15, -0.1) is 23.1 Å². The molecule has 1 heterocycles. The Morgan fingerprint density at radius 3 is 2.84 bits per heavy atom. The molecule has 0 spiro atoms. The summed E-state index contributed by atoms with van der Waals surface area (Å²) in [5.41, 5.74) is 1.58. The number of aromatic nitrogens is 1. The molecule has 0 saturated carbocycles. The van der Waals surface area contributed by atoms with Gasteiger partial charge >= 0.3 is 5.97 Å². The molecule has 25 heavy (non-hydrogen) atoms. The molecule has 0 atom stereocenters. The highest BCUT2D eigenvalue weighted by Crippen LogP contribution is 2.24. The van der Waals surface area contributed by atoms with Crippen molar-refractivity contribution in [1.29, 1.82) is 0 Å². The lowest BCUT2D eigenvalue weighted by Gasteiger charge is -2.04. The Hall–Kier alpha value is -1.28. The zero-order valence-electron chi connectivity index (χ0n) is 13.4. The molecule has 2 aromatic rings. The number of anilines is 1. The maximum absolute atomic E-state index is 12.0. The molecule has 5 nitrogen and oxygen atoms in total. The second-order valence-electron chi connectivity index (χ2n) is 4.92. The van der Waals surface area contributed by atoms with Crippen molar-refractivity contribution in [3.63, 3.8) is 0 Å². The van der Waals surface area contributed by atoms with E-state index in [9.17, 15) is 9.59 Å². The second kappa shape index (κ2) is 10.0. The van der Waals surface area contributed by atoms with Crippen molar-refractivity contribution in [3.8, 4) is 0 Å². The molecular weight excluding hydrogens is 403 g/mol. The minimum atomic E-state index is -0.331. The minimum Gasteiger partial charge on any atom is -0.466 e. The predicted molar refractivity (Wildman–Crippen MR) is 104 cm³/mol. The van der Waals surface area contributed by atoms with E-state index in [2.05, 4.69) is 10.3 Å². The second-order valence-corrected chi connectivity index (χ2v) is 7.57. The van der Waals surface area contributed by atoms with Crippen molar-refractivity contribution in [2.24, 2.45) is 0 Å². The number of thioether (sulfide) groups is 1. The molecule has 0 aliphatic rings. The molecule has 9 heteroatoms. The van der Waals surface area contributed by atoms with Crippen molar-refractivity contribution in [2.45, 2.75) is 19.1 Å². The fourth-order valence-electron chi connectivity index (χ4n) is 1.85. The van der Waals surface area contributed by atoms with Crippen LogP contribution in [0.1, 0.15) is 18.2 Å². The Morgan fingerprint density at radius 1 is 1.32 bits per heavy atom. The van der Waals surface area contributed by atoms with Gasteiger partial charge < -0.3 is 10.1 Å². The third-order valence-electron chi connectivity index (χ3n) is 2.91. The third-order valence-corrected chi connectivity index (χ3v) is 5.46. The van der Waals surface area contributed by atoms with Crippen molar-refractivity contribution in [2.75, 3.05) is 17.7 Å². The smallest absolute Gasteiger partial charge is 0.311 e. The first kappa shape index (κ1) is 20.0. The normalized spacial score (nSPS) is 10.5. The summed E-state index contributed by atoms with van der Waals surface area (Å²) in [4.78, 5) is 27.6. The average Bonchev–Trinajstić information content (AvgIpc) is 2.97. The average molecular weight is 419 g/mol. The van der Waals surface area contributed by atoms with Gasteiger partial charge in [0, 0.05) is 11.1 Å². The van der Waals surface area contributed by atoms with Crippen molar-refractivity contribution in [1.82, 2.24) is 4.98 Å². The highest BCUT2D eigenvalue weighted by molar-refractivity contribution is 7.99. The fourth-order valence-corrected chi connectivity index (χ4v) is 3.67. The van der Waals surface area contributed by atoms with E-state index in [1.54, 1.807) is 24.4 Å². The first-order chi connectivity index (χ1) is 12.0. The van der Waals surface area contributed by atoms with Crippen molar-refractivity contribution in [3.05, 3.63) is 44.9 Å². The van der Waals surface area contributed by atoms with Gasteiger partial charge in [0.1, 0.15) is 0 Å². The van der Waals surface area contributed by atoms with Crippen LogP contribution in [0.4, 0.5) is 5.13 Å². The number of hydrogen-bond acceptors (Lipinski definition) is 6. The van der Waals surface area contributed by atoms with Crippen LogP contribution >= 0.6 is 46.3 Å². The van der Waals surface area contributed by atoms with E-state index in [1.807, 2.05) is 6.07 Å². The van der Waals surface area contributed by atoms with Gasteiger partial charge in [0.15, 0.2) is 5.13 Å². The largest absolute Gasteiger partial charge is 0.466 e. The van der Waals surface area contributed by atoms with Gasteiger partial charge in [-0.3, -0.25) is 9.59 Å². The van der Waals surface area contributed by atoms with Crippen LogP contribution in [0.5, 0.6) is 0 Å². The number of nitrogens with one attached hydrogen (secondary N) is 1. The van der Waals surface area contributed by atoms with Crippen molar-refractivity contribution >= 4 is 63.3 Å². The van der Waals surface area contributed by atoms with Gasteiger partial charge in [-0.1, -0.05) is 29.3 Å². The molecule has 0 radical (unpaired) electrons. The van der Waals surface area contributed by atoms with E-state index in [-0.39, 0.29) is 24.1 Å². The highest BCUT2D eigenvalue weighted by atomic mass is 35.5. The molecule has 134 valence electrons. The Morgan fingerprint density at radius 2 is 2.12 bits per heavy atom. The number of amides is 1. The molecule has 1 N–H and O–H groups in total. The van der Waals surface area contributed by atoms with Gasteiger partial charge in [-0.05, 0) is 24.6 Å². The Bertz CT molecular complexity index is 753. The SMILES string of the molecule is CCOC(=O)Cc1csc(NC(=O)CSCc2ccc(Cl)c(Cl)c2)n1. The Kier molecular flexibility index (Phi) is 8.02. The number of carbonyl (C=O) groups excluding carboxylic acids is 2. The van der Waals surface area contributed by atoms with Crippen LogP contribution in [0, 0.1) is 0 Å². The standard InChI is InChI=1S/C16H16Cl2N2O3S2/c1-2-23-15(22)6-11-8-25-16(19-11)20-14(21)9-24-7-10-3-4-12(17)13(18)5-10/h3-5,8H,2,6-7,9H2,1H3,(H,19,20,21). The number of benzene rings is 1. The molecule has 0 aliphatic heterocycles. The summed E-state index contributed by atoms with van der Waals surface area (Å²) in [7, 11) is 0. The van der Waals surface area contributed by atoms with Crippen LogP contribution in [-0.2, 0) is 26.5 Å². The van der Waals surface area contributed by atoms with Gasteiger partial charge in [-0.2, -0.15) is 0 Å². The molecule has 1 amide bonds. The summed E-state index contributed by atoms with van der Waals surface area (Å²) in [6.45, 7) is 2.09. The summed E-state index contributed by atoms with van der Waals surface area (Å²) in [5, 5.41) is 5.94. The van der Waals surface area contributed by atoms with Crippen LogP contribution in [0.25, 0.3) is 0 Å². The predicted octanol–water partition coefficient (Wildman–Crippen LogP) is 4.43. The fraction of sp³-hybridized carbons (Fsp3) is 0.312. The first-order valence-corrected chi connectivity index (χ1v) is 10.2. The van der Waals surface area contributed by atoms with Crippen LogP contribution in [0.2, 0.25) is 10.0 Å². The number of thiazole rings is 1. The molecule has 2 rings (SSSR count). The van der Waals surface area contributed by atoms with Crippen LogP contribution in [0.15, 0.2) is 23.6 Å². The van der Waals surface area contributed by atoms with E-state index < -0.39 is 0 Å². The summed E-state index contributed by atoms with van der Waals surface area (Å²) < 4.78 is 4.86. The summed E-state index contributed by atoms with van der Waals surface area (Å²) in [6, 6.07) is 5.40. The molecule has 0 fully saturated rings. The zero-order valence-corrected chi connectivity index (χ0v) is 16.5. The molecule has 1 aromatic carbocycles. The van der Waals surface area contributed by atoms with E-state index in [1.165, 1.54) is 23.1 Å². The number of carbonyl (C=O) groups is 2. The lowest BCUT2D eigenvalue weighted by molar-refractivity contribution is -0.142. The quantitative estimate of drug-likeness (QED) is 0.642. The van der Waals surface area contributed by atoms with Crippen LogP contribution < -0.4 is 5.32 Å². The van der Waals surface area contributed by atoms with E-state index >= 15 is 0 Å². The van der Waals surface area contributed by atoms with Crippen LogP contribution in [-0.4, -0.2) is 29.2 Å². The lowest BCUT2D eigenvalue weighted by atomic mass is 10.2. The van der Waals surface area contributed by atoms with E-state index in [0.29, 0.717) is 33.2 Å². The first-order valence-electron chi connectivity index (χ1n) is 7.39.